The maximum absolute atomic E-state index is 12.8. The molecular weight excluding hydrogens is 350 g/mol. The van der Waals surface area contributed by atoms with Crippen molar-refractivity contribution in [3.05, 3.63) is 58.9 Å². The van der Waals surface area contributed by atoms with Crippen molar-refractivity contribution >= 4 is 38.4 Å². The van der Waals surface area contributed by atoms with Gasteiger partial charge in [0.15, 0.2) is 0 Å². The number of benzene rings is 1. The van der Waals surface area contributed by atoms with E-state index in [0.29, 0.717) is 16.7 Å². The fourth-order valence-electron chi connectivity index (χ4n) is 2.35. The standard InChI is InChI=1S/C16H14ClN3O3S/c1-10-3-5-12(6-4-10)24(22,23)20-8-7-14-15(20)9-13(17)16(18-14)11(2)19-21/h3-9,21H,1-2H3/b19-11+. The van der Waals surface area contributed by atoms with Gasteiger partial charge in [-0.05, 0) is 38.1 Å². The Balaban J connectivity index is 2.21. The average molecular weight is 364 g/mol. The third-order valence-corrected chi connectivity index (χ3v) is 5.65. The molecule has 6 nitrogen and oxygen atoms in total. The fraction of sp³-hybridized carbons (Fsp3) is 0.125. The van der Waals surface area contributed by atoms with E-state index in [1.54, 1.807) is 37.3 Å². The largest absolute Gasteiger partial charge is 0.411 e. The highest BCUT2D eigenvalue weighted by Gasteiger charge is 2.20. The lowest BCUT2D eigenvalue weighted by atomic mass is 10.2. The molecule has 0 saturated heterocycles. The first-order chi connectivity index (χ1) is 11.3. The van der Waals surface area contributed by atoms with Crippen LogP contribution in [0, 0.1) is 6.92 Å². The van der Waals surface area contributed by atoms with Crippen molar-refractivity contribution in [3.8, 4) is 0 Å². The Kier molecular flexibility index (Phi) is 4.06. The van der Waals surface area contributed by atoms with Gasteiger partial charge in [-0.1, -0.05) is 34.5 Å². The summed E-state index contributed by atoms with van der Waals surface area (Å²) in [6, 6.07) is 9.67. The van der Waals surface area contributed by atoms with Crippen molar-refractivity contribution in [1.82, 2.24) is 8.96 Å². The SMILES string of the molecule is C/C(=N\O)c1nc2ccn(S(=O)(=O)c3ccc(C)cc3)c2cc1Cl. The summed E-state index contributed by atoms with van der Waals surface area (Å²) in [7, 11) is -3.76. The molecule has 0 amide bonds. The number of halogens is 1. The average Bonchev–Trinajstić information content (AvgIpc) is 2.97. The van der Waals surface area contributed by atoms with Crippen LogP contribution in [0.5, 0.6) is 0 Å². The highest BCUT2D eigenvalue weighted by Crippen LogP contribution is 2.26. The van der Waals surface area contributed by atoms with Gasteiger partial charge in [0.1, 0.15) is 11.4 Å². The van der Waals surface area contributed by atoms with Crippen molar-refractivity contribution in [3.63, 3.8) is 0 Å². The van der Waals surface area contributed by atoms with E-state index in [4.69, 9.17) is 16.8 Å². The van der Waals surface area contributed by atoms with Crippen LogP contribution in [0.15, 0.2) is 52.6 Å². The Morgan fingerprint density at radius 3 is 2.54 bits per heavy atom. The summed E-state index contributed by atoms with van der Waals surface area (Å²) in [5, 5.41) is 12.2. The van der Waals surface area contributed by atoms with Gasteiger partial charge in [0.2, 0.25) is 0 Å². The molecular formula is C16H14ClN3O3S. The number of pyridine rings is 1. The van der Waals surface area contributed by atoms with E-state index >= 15 is 0 Å². The number of oxime groups is 1. The van der Waals surface area contributed by atoms with Crippen LogP contribution in [0.25, 0.3) is 11.0 Å². The molecule has 3 aromatic rings. The van der Waals surface area contributed by atoms with Gasteiger partial charge >= 0.3 is 0 Å². The van der Waals surface area contributed by atoms with E-state index in [9.17, 15) is 8.42 Å². The second-order valence-corrected chi connectivity index (χ2v) is 7.56. The molecule has 2 aromatic heterocycles. The highest BCUT2D eigenvalue weighted by molar-refractivity contribution is 7.90. The Bertz CT molecular complexity index is 1050. The van der Waals surface area contributed by atoms with E-state index in [2.05, 4.69) is 10.1 Å². The van der Waals surface area contributed by atoms with Gasteiger partial charge in [-0.15, -0.1) is 0 Å². The van der Waals surface area contributed by atoms with Gasteiger partial charge in [-0.3, -0.25) is 0 Å². The molecule has 0 unspecified atom stereocenters. The van der Waals surface area contributed by atoms with Gasteiger partial charge in [0.25, 0.3) is 10.0 Å². The number of aryl methyl sites for hydroxylation is 1. The van der Waals surface area contributed by atoms with Crippen molar-refractivity contribution < 1.29 is 13.6 Å². The van der Waals surface area contributed by atoms with Crippen LogP contribution in [0.2, 0.25) is 5.02 Å². The van der Waals surface area contributed by atoms with E-state index in [0.717, 1.165) is 9.54 Å². The molecule has 0 spiro atoms. The molecule has 0 bridgehead atoms. The molecule has 0 aliphatic rings. The van der Waals surface area contributed by atoms with E-state index in [-0.39, 0.29) is 15.6 Å². The summed E-state index contributed by atoms with van der Waals surface area (Å²) < 4.78 is 26.8. The van der Waals surface area contributed by atoms with Crippen LogP contribution in [0.1, 0.15) is 18.2 Å². The molecule has 0 saturated carbocycles. The normalized spacial score (nSPS) is 12.7. The summed E-state index contributed by atoms with van der Waals surface area (Å²) in [5.74, 6) is 0. The molecule has 2 heterocycles. The first-order valence-corrected chi connectivity index (χ1v) is 8.85. The zero-order valence-electron chi connectivity index (χ0n) is 12.9. The maximum atomic E-state index is 12.8. The predicted octanol–water partition coefficient (Wildman–Crippen LogP) is 3.43. The molecule has 0 fully saturated rings. The predicted molar refractivity (Wildman–Crippen MR) is 92.5 cm³/mol. The summed E-state index contributed by atoms with van der Waals surface area (Å²) >= 11 is 6.16. The van der Waals surface area contributed by atoms with Crippen molar-refractivity contribution in [1.29, 1.82) is 0 Å². The Morgan fingerprint density at radius 2 is 1.92 bits per heavy atom. The molecule has 0 radical (unpaired) electrons. The Labute approximate surface area is 144 Å². The molecule has 8 heteroatoms. The summed E-state index contributed by atoms with van der Waals surface area (Å²) in [6.45, 7) is 3.44. The lowest BCUT2D eigenvalue weighted by Crippen LogP contribution is -2.12. The first kappa shape index (κ1) is 16.5. The smallest absolute Gasteiger partial charge is 0.268 e. The van der Waals surface area contributed by atoms with Crippen molar-refractivity contribution in [2.24, 2.45) is 5.16 Å². The zero-order chi connectivity index (χ0) is 17.5. The first-order valence-electron chi connectivity index (χ1n) is 7.03. The summed E-state index contributed by atoms with van der Waals surface area (Å²) in [4.78, 5) is 4.46. The second-order valence-electron chi connectivity index (χ2n) is 5.34. The second kappa shape index (κ2) is 5.92. The monoisotopic (exact) mass is 363 g/mol. The maximum Gasteiger partial charge on any atom is 0.268 e. The number of hydrogen-bond acceptors (Lipinski definition) is 5. The van der Waals surface area contributed by atoms with E-state index in [1.165, 1.54) is 12.3 Å². The fourth-order valence-corrected chi connectivity index (χ4v) is 3.96. The third kappa shape index (κ3) is 2.65. The quantitative estimate of drug-likeness (QED) is 0.439. The number of hydrogen-bond donors (Lipinski definition) is 1. The van der Waals surface area contributed by atoms with Gasteiger partial charge in [0.05, 0.1) is 21.0 Å². The van der Waals surface area contributed by atoms with Crippen molar-refractivity contribution in [2.45, 2.75) is 18.7 Å². The molecule has 24 heavy (non-hydrogen) atoms. The molecule has 0 aliphatic heterocycles. The summed E-state index contributed by atoms with van der Waals surface area (Å²) in [6.07, 6.45) is 1.43. The van der Waals surface area contributed by atoms with Crippen LogP contribution in [-0.4, -0.2) is 28.3 Å². The number of fused-ring (bicyclic) bond motifs is 1. The lowest BCUT2D eigenvalue weighted by molar-refractivity contribution is 0.319. The van der Waals surface area contributed by atoms with Crippen LogP contribution >= 0.6 is 11.6 Å². The highest BCUT2D eigenvalue weighted by atomic mass is 35.5. The van der Waals surface area contributed by atoms with Gasteiger partial charge in [-0.2, -0.15) is 0 Å². The van der Waals surface area contributed by atoms with E-state index < -0.39 is 10.0 Å². The lowest BCUT2D eigenvalue weighted by Gasteiger charge is -2.09. The minimum Gasteiger partial charge on any atom is -0.411 e. The minimum atomic E-state index is -3.76. The summed E-state index contributed by atoms with van der Waals surface area (Å²) in [5.41, 5.74) is 2.32. The van der Waals surface area contributed by atoms with Gasteiger partial charge in [0, 0.05) is 6.20 Å². The zero-order valence-corrected chi connectivity index (χ0v) is 14.5. The molecule has 0 atom stereocenters. The molecule has 0 aliphatic carbocycles. The molecule has 124 valence electrons. The van der Waals surface area contributed by atoms with Crippen LogP contribution in [-0.2, 0) is 10.0 Å². The number of nitrogens with zero attached hydrogens (tertiary/aromatic N) is 3. The molecule has 1 aromatic carbocycles. The third-order valence-electron chi connectivity index (χ3n) is 3.66. The molecule has 1 N–H and O–H groups in total. The molecule has 3 rings (SSSR count). The minimum absolute atomic E-state index is 0.180. The van der Waals surface area contributed by atoms with Crippen LogP contribution < -0.4 is 0 Å². The van der Waals surface area contributed by atoms with Crippen LogP contribution in [0.4, 0.5) is 0 Å². The Morgan fingerprint density at radius 1 is 1.25 bits per heavy atom. The van der Waals surface area contributed by atoms with E-state index in [1.807, 2.05) is 6.92 Å². The topological polar surface area (TPSA) is 84.6 Å². The van der Waals surface area contributed by atoms with Gasteiger partial charge < -0.3 is 5.21 Å². The van der Waals surface area contributed by atoms with Crippen molar-refractivity contribution in [2.75, 3.05) is 0 Å². The Hall–Kier alpha value is -2.38. The van der Waals surface area contributed by atoms with Gasteiger partial charge in [-0.25, -0.2) is 17.4 Å². The number of rotatable bonds is 3. The van der Waals surface area contributed by atoms with Crippen LogP contribution in [0.3, 0.4) is 0 Å². The number of aromatic nitrogens is 2.